The van der Waals surface area contributed by atoms with Crippen LogP contribution in [0.2, 0.25) is 0 Å². The summed E-state index contributed by atoms with van der Waals surface area (Å²) in [6, 6.07) is 13.6. The molecule has 0 N–H and O–H groups in total. The first-order valence-corrected chi connectivity index (χ1v) is 6.49. The number of benzene rings is 2. The number of carbonyl (C=O) groups is 1. The van der Waals surface area contributed by atoms with Crippen LogP contribution in [-0.4, -0.2) is 23.0 Å². The van der Waals surface area contributed by atoms with E-state index in [4.69, 9.17) is 0 Å². The highest BCUT2D eigenvalue weighted by Gasteiger charge is 2.08. The van der Waals surface area contributed by atoms with Gasteiger partial charge in [-0.3, -0.25) is 4.79 Å². The molecule has 4 heteroatoms. The van der Waals surface area contributed by atoms with Crippen molar-refractivity contribution in [2.75, 3.05) is 7.11 Å². The number of para-hydroxylation sites is 3. The fraction of sp³-hybridized carbons (Fsp3) is 0.188. The molecule has 1 heterocycles. The van der Waals surface area contributed by atoms with E-state index in [2.05, 4.69) is 14.7 Å². The number of carbonyl (C=O) groups excluding carboxylic acids is 1. The van der Waals surface area contributed by atoms with Crippen molar-refractivity contribution in [3.63, 3.8) is 0 Å². The first-order chi connectivity index (χ1) is 9.78. The Morgan fingerprint density at radius 1 is 1.00 bits per heavy atom. The molecule has 0 spiro atoms. The summed E-state index contributed by atoms with van der Waals surface area (Å²) in [6.07, 6.45) is 0.959. The molecule has 0 saturated carbocycles. The number of methoxy groups -OCH3 is 1. The molecule has 0 bridgehead atoms. The molecule has 1 aromatic heterocycles. The molecule has 2 aromatic carbocycles. The molecular formula is C16H14N2O2. The summed E-state index contributed by atoms with van der Waals surface area (Å²) >= 11 is 0. The summed E-state index contributed by atoms with van der Waals surface area (Å²) < 4.78 is 4.68. The van der Waals surface area contributed by atoms with E-state index >= 15 is 0 Å². The summed E-state index contributed by atoms with van der Waals surface area (Å²) in [4.78, 5) is 20.5. The maximum atomic E-state index is 11.3. The number of esters is 1. The lowest BCUT2D eigenvalue weighted by Gasteiger charge is -2.06. The van der Waals surface area contributed by atoms with Gasteiger partial charge in [-0.2, -0.15) is 0 Å². The van der Waals surface area contributed by atoms with Crippen molar-refractivity contribution in [1.29, 1.82) is 0 Å². The van der Waals surface area contributed by atoms with Gasteiger partial charge in [0.15, 0.2) is 0 Å². The molecule has 0 unspecified atom stereocenters. The number of hydrogen-bond acceptors (Lipinski definition) is 4. The average Bonchev–Trinajstić information content (AvgIpc) is 2.50. The summed E-state index contributed by atoms with van der Waals surface area (Å²) in [5.41, 5.74) is 4.47. The van der Waals surface area contributed by atoms with Gasteiger partial charge in [-0.25, -0.2) is 9.97 Å². The van der Waals surface area contributed by atoms with Gasteiger partial charge in [0.2, 0.25) is 0 Å². The van der Waals surface area contributed by atoms with E-state index in [0.717, 1.165) is 27.6 Å². The van der Waals surface area contributed by atoms with Gasteiger partial charge < -0.3 is 4.74 Å². The van der Waals surface area contributed by atoms with Crippen LogP contribution >= 0.6 is 0 Å². The summed E-state index contributed by atoms with van der Waals surface area (Å²) in [7, 11) is 1.40. The molecule has 20 heavy (non-hydrogen) atoms. The highest BCUT2D eigenvalue weighted by molar-refractivity contribution is 5.88. The molecule has 3 rings (SSSR count). The Balaban J connectivity index is 2.08. The monoisotopic (exact) mass is 266 g/mol. The Hall–Kier alpha value is -2.49. The van der Waals surface area contributed by atoms with E-state index in [1.165, 1.54) is 7.11 Å². The highest BCUT2D eigenvalue weighted by Crippen LogP contribution is 2.20. The highest BCUT2D eigenvalue weighted by atomic mass is 16.5. The maximum Gasteiger partial charge on any atom is 0.305 e. The maximum absolute atomic E-state index is 11.3. The Morgan fingerprint density at radius 3 is 2.45 bits per heavy atom. The predicted octanol–water partition coefficient (Wildman–Crippen LogP) is 2.89. The molecule has 0 atom stereocenters. The standard InChI is InChI=1S/C16H14N2O2/c1-20-15(19)10-9-11-5-4-8-14-16(11)18-13-7-3-2-6-12(13)17-14/h2-8H,9-10H2,1H3. The van der Waals surface area contributed by atoms with Crippen LogP contribution in [0.15, 0.2) is 42.5 Å². The minimum atomic E-state index is -0.212. The van der Waals surface area contributed by atoms with E-state index < -0.39 is 0 Å². The third-order valence-electron chi connectivity index (χ3n) is 3.28. The number of aromatic nitrogens is 2. The number of ether oxygens (including phenoxy) is 1. The van der Waals surface area contributed by atoms with Crippen molar-refractivity contribution in [1.82, 2.24) is 9.97 Å². The van der Waals surface area contributed by atoms with Crippen LogP contribution in [0.4, 0.5) is 0 Å². The Morgan fingerprint density at radius 2 is 1.70 bits per heavy atom. The smallest absolute Gasteiger partial charge is 0.305 e. The van der Waals surface area contributed by atoms with E-state index in [1.54, 1.807) is 0 Å². The topological polar surface area (TPSA) is 52.1 Å². The first kappa shape index (κ1) is 12.5. The Bertz CT molecular complexity index is 784. The van der Waals surface area contributed by atoms with Crippen molar-refractivity contribution in [2.45, 2.75) is 12.8 Å². The third kappa shape index (κ3) is 2.32. The van der Waals surface area contributed by atoms with Gasteiger partial charge in [0, 0.05) is 6.42 Å². The van der Waals surface area contributed by atoms with Crippen molar-refractivity contribution in [3.05, 3.63) is 48.0 Å². The fourth-order valence-electron chi connectivity index (χ4n) is 2.24. The van der Waals surface area contributed by atoms with Gasteiger partial charge in [0.05, 0.1) is 29.2 Å². The van der Waals surface area contributed by atoms with Crippen molar-refractivity contribution in [3.8, 4) is 0 Å². The largest absolute Gasteiger partial charge is 0.469 e. The molecule has 0 aliphatic heterocycles. The van der Waals surface area contributed by atoms with Gasteiger partial charge in [-0.1, -0.05) is 24.3 Å². The molecule has 100 valence electrons. The number of nitrogens with zero attached hydrogens (tertiary/aromatic N) is 2. The van der Waals surface area contributed by atoms with Crippen LogP contribution in [0.5, 0.6) is 0 Å². The predicted molar refractivity (Wildman–Crippen MR) is 77.4 cm³/mol. The fourth-order valence-corrected chi connectivity index (χ4v) is 2.24. The second-order valence-electron chi connectivity index (χ2n) is 4.57. The molecule has 0 saturated heterocycles. The Labute approximate surface area is 116 Å². The molecular weight excluding hydrogens is 252 g/mol. The van der Waals surface area contributed by atoms with Crippen LogP contribution in [0.1, 0.15) is 12.0 Å². The number of rotatable bonds is 3. The SMILES string of the molecule is COC(=O)CCc1cccc2nc3ccccc3nc12. The average molecular weight is 266 g/mol. The van der Waals surface area contributed by atoms with Crippen LogP contribution in [0, 0.1) is 0 Å². The Kier molecular flexibility index (Phi) is 3.29. The zero-order chi connectivity index (χ0) is 13.9. The van der Waals surface area contributed by atoms with Crippen LogP contribution in [0.25, 0.3) is 22.1 Å². The van der Waals surface area contributed by atoms with Crippen LogP contribution < -0.4 is 0 Å². The lowest BCUT2D eigenvalue weighted by molar-refractivity contribution is -0.140. The minimum Gasteiger partial charge on any atom is -0.469 e. The van der Waals surface area contributed by atoms with Crippen LogP contribution in [-0.2, 0) is 16.0 Å². The zero-order valence-electron chi connectivity index (χ0n) is 11.2. The number of aryl methyl sites for hydroxylation is 1. The van der Waals surface area contributed by atoms with E-state index in [-0.39, 0.29) is 5.97 Å². The molecule has 0 radical (unpaired) electrons. The van der Waals surface area contributed by atoms with Gasteiger partial charge in [0.25, 0.3) is 0 Å². The second kappa shape index (κ2) is 5.25. The van der Waals surface area contributed by atoms with Gasteiger partial charge in [-0.15, -0.1) is 0 Å². The van der Waals surface area contributed by atoms with E-state index in [0.29, 0.717) is 12.8 Å². The molecule has 4 nitrogen and oxygen atoms in total. The van der Waals surface area contributed by atoms with Crippen molar-refractivity contribution in [2.24, 2.45) is 0 Å². The molecule has 0 amide bonds. The quantitative estimate of drug-likeness (QED) is 0.540. The normalized spacial score (nSPS) is 10.8. The van der Waals surface area contributed by atoms with Gasteiger partial charge >= 0.3 is 5.97 Å². The first-order valence-electron chi connectivity index (χ1n) is 6.49. The van der Waals surface area contributed by atoms with Gasteiger partial charge in [-0.05, 0) is 30.2 Å². The molecule has 3 aromatic rings. The number of hydrogen-bond donors (Lipinski definition) is 0. The number of fused-ring (bicyclic) bond motifs is 2. The zero-order valence-corrected chi connectivity index (χ0v) is 11.2. The second-order valence-corrected chi connectivity index (χ2v) is 4.57. The minimum absolute atomic E-state index is 0.212. The summed E-state index contributed by atoms with van der Waals surface area (Å²) in [6.45, 7) is 0. The summed E-state index contributed by atoms with van der Waals surface area (Å²) in [5.74, 6) is -0.212. The van der Waals surface area contributed by atoms with Crippen LogP contribution in [0.3, 0.4) is 0 Å². The molecule has 0 aliphatic carbocycles. The summed E-state index contributed by atoms with van der Waals surface area (Å²) in [5, 5.41) is 0. The molecule has 0 fully saturated rings. The van der Waals surface area contributed by atoms with E-state index in [1.807, 2.05) is 42.5 Å². The van der Waals surface area contributed by atoms with E-state index in [9.17, 15) is 4.79 Å². The third-order valence-corrected chi connectivity index (χ3v) is 3.28. The van der Waals surface area contributed by atoms with Crippen molar-refractivity contribution >= 4 is 28.0 Å². The molecule has 0 aliphatic rings. The lowest BCUT2D eigenvalue weighted by atomic mass is 10.1. The van der Waals surface area contributed by atoms with Crippen molar-refractivity contribution < 1.29 is 9.53 Å². The van der Waals surface area contributed by atoms with Gasteiger partial charge in [0.1, 0.15) is 0 Å². The lowest BCUT2D eigenvalue weighted by Crippen LogP contribution is -2.02.